The lowest BCUT2D eigenvalue weighted by Crippen LogP contribution is -2.06. The Bertz CT molecular complexity index is 1210. The summed E-state index contributed by atoms with van der Waals surface area (Å²) in [5.41, 5.74) is 4.36. The number of nitrogens with zero attached hydrogens (tertiary/aromatic N) is 3. The van der Waals surface area contributed by atoms with Crippen LogP contribution in [0.1, 0.15) is 21.0 Å². The van der Waals surface area contributed by atoms with Gasteiger partial charge in [-0.2, -0.15) is 0 Å². The minimum absolute atomic E-state index is 0.185. The van der Waals surface area contributed by atoms with Crippen LogP contribution in [0.25, 0.3) is 33.9 Å². The van der Waals surface area contributed by atoms with Gasteiger partial charge in [-0.15, -0.1) is 0 Å². The second kappa shape index (κ2) is 9.18. The zero-order valence-corrected chi connectivity index (χ0v) is 17.5. The third kappa shape index (κ3) is 4.37. The van der Waals surface area contributed by atoms with Crippen molar-refractivity contribution in [3.8, 4) is 33.9 Å². The molecular weight excluding hydrogens is 406 g/mol. The first kappa shape index (κ1) is 20.9. The molecule has 0 spiro atoms. The van der Waals surface area contributed by atoms with Gasteiger partial charge in [-0.3, -0.25) is 0 Å². The number of hydrogen-bond acceptors (Lipinski definition) is 7. The van der Waals surface area contributed by atoms with Crippen LogP contribution in [0.5, 0.6) is 0 Å². The zero-order chi connectivity index (χ0) is 22.5. The van der Waals surface area contributed by atoms with Gasteiger partial charge in [0.2, 0.25) is 0 Å². The molecule has 0 fully saturated rings. The van der Waals surface area contributed by atoms with Crippen molar-refractivity contribution in [2.45, 2.75) is 0 Å². The Morgan fingerprint density at radius 3 is 1.53 bits per heavy atom. The van der Waals surface area contributed by atoms with Crippen LogP contribution < -0.4 is 0 Å². The van der Waals surface area contributed by atoms with Gasteiger partial charge in [-0.1, -0.05) is 42.5 Å². The average molecular weight is 425 g/mol. The number of aromatic nitrogens is 3. The molecule has 0 saturated heterocycles. The second-order valence-electron chi connectivity index (χ2n) is 6.79. The van der Waals surface area contributed by atoms with Crippen molar-refractivity contribution >= 4 is 11.9 Å². The molecule has 0 unspecified atom stereocenters. The molecule has 0 N–H and O–H groups in total. The fourth-order valence-corrected chi connectivity index (χ4v) is 3.18. The molecule has 3 aromatic heterocycles. The minimum atomic E-state index is -0.529. The summed E-state index contributed by atoms with van der Waals surface area (Å²) < 4.78 is 9.57. The van der Waals surface area contributed by atoms with Crippen LogP contribution in [0.15, 0.2) is 78.9 Å². The molecule has 0 bridgehead atoms. The van der Waals surface area contributed by atoms with Crippen molar-refractivity contribution in [1.82, 2.24) is 15.0 Å². The molecule has 0 amide bonds. The largest absolute Gasteiger partial charge is 0.464 e. The summed E-state index contributed by atoms with van der Waals surface area (Å²) in [5, 5.41) is 0. The monoisotopic (exact) mass is 425 g/mol. The topological polar surface area (TPSA) is 91.3 Å². The zero-order valence-electron chi connectivity index (χ0n) is 17.5. The Morgan fingerprint density at radius 2 is 1.06 bits per heavy atom. The van der Waals surface area contributed by atoms with Crippen LogP contribution in [0.4, 0.5) is 0 Å². The Morgan fingerprint density at radius 1 is 0.562 bits per heavy atom. The number of pyridine rings is 3. The van der Waals surface area contributed by atoms with Crippen molar-refractivity contribution in [3.05, 3.63) is 90.3 Å². The summed E-state index contributed by atoms with van der Waals surface area (Å²) in [6.07, 6.45) is 0. The van der Waals surface area contributed by atoms with Crippen molar-refractivity contribution in [1.29, 1.82) is 0 Å². The SMILES string of the molecule is COC(=O)c1cccc(-c2cc(-c3ccccc3)cc(-c3cccc(C(=O)OC)n3)n2)n1. The maximum Gasteiger partial charge on any atom is 0.356 e. The van der Waals surface area contributed by atoms with E-state index in [0.717, 1.165) is 11.1 Å². The van der Waals surface area contributed by atoms with E-state index in [0.29, 0.717) is 22.8 Å². The van der Waals surface area contributed by atoms with Crippen molar-refractivity contribution < 1.29 is 19.1 Å². The second-order valence-corrected chi connectivity index (χ2v) is 6.79. The summed E-state index contributed by atoms with van der Waals surface area (Å²) in [7, 11) is 2.62. The molecule has 1 aromatic carbocycles. The molecule has 0 aliphatic carbocycles. The predicted octanol–water partition coefficient (Wildman–Crippen LogP) is 4.45. The smallest absolute Gasteiger partial charge is 0.356 e. The Balaban J connectivity index is 1.89. The summed E-state index contributed by atoms with van der Waals surface area (Å²) in [4.78, 5) is 37.4. The van der Waals surface area contributed by atoms with Gasteiger partial charge < -0.3 is 9.47 Å². The van der Waals surface area contributed by atoms with Crippen LogP contribution in [-0.4, -0.2) is 41.1 Å². The van der Waals surface area contributed by atoms with E-state index in [2.05, 4.69) is 9.97 Å². The summed E-state index contributed by atoms with van der Waals surface area (Å²) in [5.74, 6) is -1.06. The standard InChI is InChI=1S/C25H19N3O4/c1-31-24(29)20-12-6-10-18(26-20)22-14-17(16-8-4-3-5-9-16)15-23(28-22)19-11-7-13-21(27-19)25(30)32-2/h3-15H,1-2H3. The molecular formula is C25H19N3O4. The molecule has 0 atom stereocenters. The first-order chi connectivity index (χ1) is 15.6. The molecule has 4 aromatic rings. The Labute approximate surface area is 184 Å². The van der Waals surface area contributed by atoms with Crippen LogP contribution in [0.3, 0.4) is 0 Å². The number of carbonyl (C=O) groups is 2. The predicted molar refractivity (Wildman–Crippen MR) is 119 cm³/mol. The minimum Gasteiger partial charge on any atom is -0.464 e. The third-order valence-corrected chi connectivity index (χ3v) is 4.74. The highest BCUT2D eigenvalue weighted by molar-refractivity contribution is 5.88. The lowest BCUT2D eigenvalue weighted by atomic mass is 10.0. The molecule has 7 heteroatoms. The number of esters is 2. The van der Waals surface area contributed by atoms with Gasteiger partial charge in [-0.05, 0) is 47.5 Å². The molecule has 3 heterocycles. The van der Waals surface area contributed by atoms with Gasteiger partial charge in [0.15, 0.2) is 0 Å². The van der Waals surface area contributed by atoms with Gasteiger partial charge in [0.05, 0.1) is 37.0 Å². The number of ether oxygens (including phenoxy) is 2. The lowest BCUT2D eigenvalue weighted by Gasteiger charge is -2.10. The number of carbonyl (C=O) groups excluding carboxylic acids is 2. The van der Waals surface area contributed by atoms with E-state index in [-0.39, 0.29) is 11.4 Å². The first-order valence-corrected chi connectivity index (χ1v) is 9.78. The summed E-state index contributed by atoms with van der Waals surface area (Å²) in [6.45, 7) is 0. The van der Waals surface area contributed by atoms with Crippen LogP contribution >= 0.6 is 0 Å². The van der Waals surface area contributed by atoms with Crippen molar-refractivity contribution in [3.63, 3.8) is 0 Å². The normalized spacial score (nSPS) is 10.4. The van der Waals surface area contributed by atoms with Gasteiger partial charge in [0, 0.05) is 0 Å². The maximum absolute atomic E-state index is 11.9. The fraction of sp³-hybridized carbons (Fsp3) is 0.0800. The molecule has 0 radical (unpaired) electrons. The lowest BCUT2D eigenvalue weighted by molar-refractivity contribution is 0.0585. The van der Waals surface area contributed by atoms with E-state index < -0.39 is 11.9 Å². The number of methoxy groups -OCH3 is 2. The van der Waals surface area contributed by atoms with Gasteiger partial charge in [0.25, 0.3) is 0 Å². The average Bonchev–Trinajstić information content (AvgIpc) is 2.88. The highest BCUT2D eigenvalue weighted by Gasteiger charge is 2.15. The molecule has 4 rings (SSSR count). The maximum atomic E-state index is 11.9. The van der Waals surface area contributed by atoms with Crippen LogP contribution in [-0.2, 0) is 9.47 Å². The van der Waals surface area contributed by atoms with Gasteiger partial charge in [-0.25, -0.2) is 24.5 Å². The fourth-order valence-electron chi connectivity index (χ4n) is 3.18. The molecule has 0 aliphatic heterocycles. The highest BCUT2D eigenvalue weighted by Crippen LogP contribution is 2.29. The van der Waals surface area contributed by atoms with Crippen LogP contribution in [0.2, 0.25) is 0 Å². The summed E-state index contributed by atoms with van der Waals surface area (Å²) in [6, 6.07) is 23.7. The van der Waals surface area contributed by atoms with E-state index in [1.165, 1.54) is 14.2 Å². The van der Waals surface area contributed by atoms with Crippen molar-refractivity contribution in [2.75, 3.05) is 14.2 Å². The Kier molecular flexibility index (Phi) is 5.98. The first-order valence-electron chi connectivity index (χ1n) is 9.78. The van der Waals surface area contributed by atoms with Gasteiger partial charge >= 0.3 is 11.9 Å². The van der Waals surface area contributed by atoms with E-state index in [4.69, 9.17) is 14.5 Å². The van der Waals surface area contributed by atoms with E-state index >= 15 is 0 Å². The number of benzene rings is 1. The quantitative estimate of drug-likeness (QED) is 0.436. The molecule has 32 heavy (non-hydrogen) atoms. The molecule has 0 aliphatic rings. The molecule has 7 nitrogen and oxygen atoms in total. The van der Waals surface area contributed by atoms with E-state index in [1.54, 1.807) is 36.4 Å². The van der Waals surface area contributed by atoms with E-state index in [9.17, 15) is 9.59 Å². The van der Waals surface area contributed by atoms with Gasteiger partial charge in [0.1, 0.15) is 11.4 Å². The number of hydrogen-bond donors (Lipinski definition) is 0. The van der Waals surface area contributed by atoms with Crippen LogP contribution in [0, 0.1) is 0 Å². The molecule has 0 saturated carbocycles. The highest BCUT2D eigenvalue weighted by atomic mass is 16.5. The molecule has 158 valence electrons. The Hall–Kier alpha value is -4.39. The van der Waals surface area contributed by atoms with Crippen molar-refractivity contribution in [2.24, 2.45) is 0 Å². The summed E-state index contributed by atoms with van der Waals surface area (Å²) >= 11 is 0. The van der Waals surface area contributed by atoms with E-state index in [1.807, 2.05) is 42.5 Å². The number of rotatable bonds is 5. The third-order valence-electron chi connectivity index (χ3n) is 4.74.